The van der Waals surface area contributed by atoms with Gasteiger partial charge in [-0.25, -0.2) is 4.98 Å². The van der Waals surface area contributed by atoms with Gasteiger partial charge < -0.3 is 24.1 Å². The fraction of sp³-hybridized carbons (Fsp3) is 0.238. The van der Waals surface area contributed by atoms with Crippen LogP contribution in [0.15, 0.2) is 48.8 Å². The second-order valence-electron chi connectivity index (χ2n) is 6.01. The number of nitrogens with one attached hydrogen (secondary N) is 1. The lowest BCUT2D eigenvalue weighted by Gasteiger charge is -2.12. The summed E-state index contributed by atoms with van der Waals surface area (Å²) < 4.78 is 17.9. The number of imidazole rings is 1. The molecule has 0 saturated heterocycles. The first-order valence-electron chi connectivity index (χ1n) is 8.82. The molecule has 3 aromatic rings. The van der Waals surface area contributed by atoms with E-state index in [1.165, 1.54) is 6.08 Å². The fourth-order valence-corrected chi connectivity index (χ4v) is 2.92. The van der Waals surface area contributed by atoms with E-state index in [-0.39, 0.29) is 5.91 Å². The van der Waals surface area contributed by atoms with Crippen molar-refractivity contribution < 1.29 is 19.0 Å². The highest BCUT2D eigenvalue weighted by atomic mass is 16.5. The molecule has 0 bridgehead atoms. The molecule has 0 fully saturated rings. The zero-order valence-electron chi connectivity index (χ0n) is 16.1. The van der Waals surface area contributed by atoms with E-state index < -0.39 is 0 Å². The van der Waals surface area contributed by atoms with Crippen molar-refractivity contribution >= 4 is 23.0 Å². The van der Waals surface area contributed by atoms with E-state index in [9.17, 15) is 4.79 Å². The molecule has 0 radical (unpaired) electrons. The number of hydrogen-bond donors (Lipinski definition) is 1. The van der Waals surface area contributed by atoms with Gasteiger partial charge in [-0.3, -0.25) is 4.79 Å². The number of fused-ring (bicyclic) bond motifs is 1. The minimum atomic E-state index is -0.182. The van der Waals surface area contributed by atoms with Gasteiger partial charge in [0.15, 0.2) is 11.5 Å². The molecule has 1 amide bonds. The highest BCUT2D eigenvalue weighted by Gasteiger charge is 2.12. The Morgan fingerprint density at radius 1 is 1.11 bits per heavy atom. The lowest BCUT2D eigenvalue weighted by atomic mass is 10.1. The molecule has 0 aliphatic rings. The van der Waals surface area contributed by atoms with Crippen LogP contribution in [0, 0.1) is 0 Å². The van der Waals surface area contributed by atoms with Crippen molar-refractivity contribution in [2.24, 2.45) is 0 Å². The molecule has 7 heteroatoms. The maximum absolute atomic E-state index is 12.1. The average molecular weight is 381 g/mol. The fourth-order valence-electron chi connectivity index (χ4n) is 2.92. The van der Waals surface area contributed by atoms with Crippen molar-refractivity contribution in [3.8, 4) is 17.2 Å². The van der Waals surface area contributed by atoms with Crippen LogP contribution < -0.4 is 19.5 Å². The average Bonchev–Trinajstić information content (AvgIpc) is 3.14. The summed E-state index contributed by atoms with van der Waals surface area (Å²) in [6.45, 7) is 1.14. The molecule has 7 nitrogen and oxygen atoms in total. The second kappa shape index (κ2) is 8.94. The van der Waals surface area contributed by atoms with Crippen molar-refractivity contribution in [2.75, 3.05) is 27.9 Å². The molecule has 0 spiro atoms. The van der Waals surface area contributed by atoms with Crippen LogP contribution in [0.5, 0.6) is 17.2 Å². The summed E-state index contributed by atoms with van der Waals surface area (Å²) in [5, 5.41) is 2.87. The Balaban J connectivity index is 1.61. The Kier molecular flexibility index (Phi) is 6.16. The van der Waals surface area contributed by atoms with Crippen molar-refractivity contribution in [2.45, 2.75) is 6.54 Å². The number of rotatable bonds is 8. The molecule has 1 aromatic heterocycles. The highest BCUT2D eigenvalue weighted by molar-refractivity contribution is 5.91. The van der Waals surface area contributed by atoms with Crippen LogP contribution in [-0.2, 0) is 11.3 Å². The number of para-hydroxylation sites is 2. The van der Waals surface area contributed by atoms with Crippen LogP contribution in [0.2, 0.25) is 0 Å². The lowest BCUT2D eigenvalue weighted by Crippen LogP contribution is -2.25. The molecular formula is C21H23N3O4. The van der Waals surface area contributed by atoms with Crippen LogP contribution >= 0.6 is 0 Å². The number of carbonyl (C=O) groups excluding carboxylic acids is 1. The van der Waals surface area contributed by atoms with Gasteiger partial charge in [-0.05, 0) is 35.9 Å². The first-order chi connectivity index (χ1) is 13.7. The molecule has 3 rings (SSSR count). The normalized spacial score (nSPS) is 11.0. The number of nitrogens with zero attached hydrogens (tertiary/aromatic N) is 2. The molecular weight excluding hydrogens is 358 g/mol. The standard InChI is InChI=1S/C21H23N3O4/c1-26-18-12-15(13-19(27-2)21(18)28-3)8-9-20(25)22-10-11-24-14-23-16-6-4-5-7-17(16)24/h4-9,12-14H,10-11H2,1-3H3,(H,22,25). The molecule has 1 N–H and O–H groups in total. The van der Waals surface area contributed by atoms with E-state index in [4.69, 9.17) is 14.2 Å². The van der Waals surface area contributed by atoms with Crippen LogP contribution in [0.1, 0.15) is 5.56 Å². The number of hydrogen-bond acceptors (Lipinski definition) is 5. The largest absolute Gasteiger partial charge is 0.493 e. The van der Waals surface area contributed by atoms with E-state index in [0.717, 1.165) is 16.6 Å². The van der Waals surface area contributed by atoms with Crippen LogP contribution in [0.4, 0.5) is 0 Å². The molecule has 0 aliphatic carbocycles. The third-order valence-electron chi connectivity index (χ3n) is 4.29. The molecule has 0 atom stereocenters. The third-order valence-corrected chi connectivity index (χ3v) is 4.29. The van der Waals surface area contributed by atoms with E-state index in [1.807, 2.05) is 28.8 Å². The van der Waals surface area contributed by atoms with E-state index in [1.54, 1.807) is 45.9 Å². The van der Waals surface area contributed by atoms with Gasteiger partial charge in [-0.1, -0.05) is 12.1 Å². The van der Waals surface area contributed by atoms with Crippen molar-refractivity contribution in [1.82, 2.24) is 14.9 Å². The molecule has 1 heterocycles. The summed E-state index contributed by atoms with van der Waals surface area (Å²) in [4.78, 5) is 16.5. The zero-order valence-corrected chi connectivity index (χ0v) is 16.1. The topological polar surface area (TPSA) is 74.6 Å². The van der Waals surface area contributed by atoms with Gasteiger partial charge in [0.2, 0.25) is 11.7 Å². The van der Waals surface area contributed by atoms with Crippen molar-refractivity contribution in [1.29, 1.82) is 0 Å². The second-order valence-corrected chi connectivity index (χ2v) is 6.01. The smallest absolute Gasteiger partial charge is 0.244 e. The Hall–Kier alpha value is -3.48. The summed E-state index contributed by atoms with van der Waals surface area (Å²) in [5.41, 5.74) is 2.76. The van der Waals surface area contributed by atoms with Crippen molar-refractivity contribution in [3.63, 3.8) is 0 Å². The molecule has 0 unspecified atom stereocenters. The summed E-state index contributed by atoms with van der Waals surface area (Å²) in [6, 6.07) is 11.5. The van der Waals surface area contributed by atoms with E-state index in [0.29, 0.717) is 30.3 Å². The lowest BCUT2D eigenvalue weighted by molar-refractivity contribution is -0.116. The van der Waals surface area contributed by atoms with Gasteiger partial charge in [0.05, 0.1) is 38.7 Å². The van der Waals surface area contributed by atoms with E-state index >= 15 is 0 Å². The monoisotopic (exact) mass is 381 g/mol. The van der Waals surface area contributed by atoms with Gasteiger partial charge in [0.1, 0.15) is 0 Å². The third kappa shape index (κ3) is 4.25. The number of aromatic nitrogens is 2. The SMILES string of the molecule is COc1cc(C=CC(=O)NCCn2cnc3ccccc32)cc(OC)c1OC. The molecule has 28 heavy (non-hydrogen) atoms. The number of ether oxygens (including phenoxy) is 3. The maximum Gasteiger partial charge on any atom is 0.244 e. The van der Waals surface area contributed by atoms with E-state index in [2.05, 4.69) is 10.3 Å². The predicted molar refractivity (Wildman–Crippen MR) is 108 cm³/mol. The van der Waals surface area contributed by atoms with Gasteiger partial charge in [0.25, 0.3) is 0 Å². The number of carbonyl (C=O) groups is 1. The summed E-state index contributed by atoms with van der Waals surface area (Å²) in [7, 11) is 4.65. The minimum absolute atomic E-state index is 0.182. The minimum Gasteiger partial charge on any atom is -0.493 e. The van der Waals surface area contributed by atoms with Gasteiger partial charge >= 0.3 is 0 Å². The molecule has 0 aliphatic heterocycles. The summed E-state index contributed by atoms with van der Waals surface area (Å²) in [5.74, 6) is 1.40. The maximum atomic E-state index is 12.1. The van der Waals surface area contributed by atoms with Gasteiger partial charge in [0, 0.05) is 19.2 Å². The molecule has 0 saturated carbocycles. The number of methoxy groups -OCH3 is 3. The zero-order chi connectivity index (χ0) is 19.9. The quantitative estimate of drug-likeness (QED) is 0.608. The Morgan fingerprint density at radius 2 is 1.82 bits per heavy atom. The van der Waals surface area contributed by atoms with Crippen LogP contribution in [0.25, 0.3) is 17.1 Å². The Morgan fingerprint density at radius 3 is 2.50 bits per heavy atom. The van der Waals surface area contributed by atoms with Crippen LogP contribution in [0.3, 0.4) is 0 Å². The number of amides is 1. The molecule has 146 valence electrons. The highest BCUT2D eigenvalue weighted by Crippen LogP contribution is 2.38. The van der Waals surface area contributed by atoms with Crippen molar-refractivity contribution in [3.05, 3.63) is 54.4 Å². The van der Waals surface area contributed by atoms with Gasteiger partial charge in [-0.15, -0.1) is 0 Å². The Bertz CT molecular complexity index is 969. The molecule has 2 aromatic carbocycles. The summed E-state index contributed by atoms with van der Waals surface area (Å²) in [6.07, 6.45) is 4.96. The Labute approximate surface area is 163 Å². The number of benzene rings is 2. The predicted octanol–water partition coefficient (Wildman–Crippen LogP) is 2.89. The summed E-state index contributed by atoms with van der Waals surface area (Å²) >= 11 is 0. The van der Waals surface area contributed by atoms with Gasteiger partial charge in [-0.2, -0.15) is 0 Å². The first-order valence-corrected chi connectivity index (χ1v) is 8.82. The first kappa shape index (κ1) is 19.3. The van der Waals surface area contributed by atoms with Crippen LogP contribution in [-0.4, -0.2) is 43.3 Å².